The van der Waals surface area contributed by atoms with Crippen molar-refractivity contribution in [2.24, 2.45) is 45.1 Å². The van der Waals surface area contributed by atoms with Crippen LogP contribution in [0.3, 0.4) is 0 Å². The van der Waals surface area contributed by atoms with E-state index in [0.29, 0.717) is 31.6 Å². The quantitative estimate of drug-likeness (QED) is 0.166. The molecule has 4 unspecified atom stereocenters. The van der Waals surface area contributed by atoms with Gasteiger partial charge in [-0.1, -0.05) is 45.9 Å². The second kappa shape index (κ2) is 11.9. The molecule has 4 fully saturated rings. The number of hydrogen-bond donors (Lipinski definition) is 4. The Morgan fingerprint density at radius 3 is 2.80 bits per heavy atom. The molecule has 4 aliphatic rings. The summed E-state index contributed by atoms with van der Waals surface area (Å²) >= 11 is 1.39. The van der Waals surface area contributed by atoms with Gasteiger partial charge >= 0.3 is 5.97 Å². The monoisotopic (exact) mass is 648 g/mol. The van der Waals surface area contributed by atoms with E-state index < -0.39 is 23.7 Å². The van der Waals surface area contributed by atoms with E-state index in [1.54, 1.807) is 12.5 Å². The molecule has 1 aromatic carbocycles. The summed E-state index contributed by atoms with van der Waals surface area (Å²) < 4.78 is 6.45. The van der Waals surface area contributed by atoms with Gasteiger partial charge in [-0.25, -0.2) is 4.98 Å². The lowest BCUT2D eigenvalue weighted by molar-refractivity contribution is -0.257. The molecule has 2 bridgehead atoms. The predicted molar refractivity (Wildman–Crippen MR) is 176 cm³/mol. The predicted octanol–water partition coefficient (Wildman–Crippen LogP) is 4.59. The number of esters is 1. The molecule has 0 aliphatic heterocycles. The van der Waals surface area contributed by atoms with Gasteiger partial charge in [0.15, 0.2) is 0 Å². The molecule has 1 amide bonds. The van der Waals surface area contributed by atoms with Crippen molar-refractivity contribution in [3.63, 3.8) is 0 Å². The number of aliphatic hydroxyl groups excluding tert-OH is 1. The first-order valence-electron chi connectivity index (χ1n) is 16.6. The second-order valence-corrected chi connectivity index (χ2v) is 16.1. The van der Waals surface area contributed by atoms with E-state index in [2.05, 4.69) is 42.6 Å². The number of thioether (sulfide) groups is 1. The Morgan fingerprint density at radius 1 is 1.30 bits per heavy atom. The Balaban J connectivity index is 1.14. The minimum atomic E-state index is -0.694. The van der Waals surface area contributed by atoms with Crippen molar-refractivity contribution in [1.82, 2.24) is 15.3 Å². The number of carbonyl (C=O) groups is 3. The highest BCUT2D eigenvalue weighted by atomic mass is 32.2. The SMILES string of the molecule is C=C[C@]1(C)C[C@@H](OC(=O)CSc2cccc(CNC(=O)[C@@H](N)Cc3cnc[nH]3)c2)[C@]2(C)C(C)CC34CC(CCC3=O)(C42)[C@@H](C)[C@@H]1O. The van der Waals surface area contributed by atoms with Crippen molar-refractivity contribution in [2.45, 2.75) is 95.9 Å². The number of nitrogens with two attached hydrogens (primary N) is 1. The molecule has 5 N–H and O–H groups in total. The number of ether oxygens (including phenoxy) is 1. The summed E-state index contributed by atoms with van der Waals surface area (Å²) in [4.78, 5) is 47.4. The molecule has 2 spiro atoms. The Kier molecular flexibility index (Phi) is 8.55. The molecule has 1 heterocycles. The molecule has 10 heteroatoms. The second-order valence-electron chi connectivity index (χ2n) is 15.1. The molecule has 6 rings (SSSR count). The largest absolute Gasteiger partial charge is 0.461 e. The van der Waals surface area contributed by atoms with Crippen molar-refractivity contribution in [3.05, 3.63) is 60.7 Å². The van der Waals surface area contributed by atoms with Gasteiger partial charge in [0.2, 0.25) is 5.91 Å². The van der Waals surface area contributed by atoms with E-state index in [1.165, 1.54) is 11.8 Å². The first-order chi connectivity index (χ1) is 21.8. The van der Waals surface area contributed by atoms with Crippen LogP contribution in [0.4, 0.5) is 0 Å². The molecular formula is C36H48N4O5S. The zero-order chi connectivity index (χ0) is 33.1. The number of aliphatic hydroxyl groups is 1. The number of Topliss-reactive ketones (excluding diaryl/α,β-unsaturated/α-hetero) is 1. The topological polar surface area (TPSA) is 147 Å². The van der Waals surface area contributed by atoms with E-state index in [1.807, 2.05) is 37.3 Å². The molecule has 10 atom stereocenters. The first-order valence-corrected chi connectivity index (χ1v) is 17.5. The fraction of sp³-hybridized carbons (Fsp3) is 0.611. The third-order valence-electron chi connectivity index (χ3n) is 12.7. The van der Waals surface area contributed by atoms with Crippen LogP contribution in [0.5, 0.6) is 0 Å². The smallest absolute Gasteiger partial charge is 0.316 e. The minimum absolute atomic E-state index is 0.0163. The maximum absolute atomic E-state index is 13.6. The van der Waals surface area contributed by atoms with Crippen LogP contribution < -0.4 is 11.1 Å². The number of aromatic amines is 1. The number of amides is 1. The number of hydrogen-bond acceptors (Lipinski definition) is 8. The van der Waals surface area contributed by atoms with Gasteiger partial charge in [-0.05, 0) is 66.5 Å². The van der Waals surface area contributed by atoms with Crippen LogP contribution >= 0.6 is 11.8 Å². The maximum Gasteiger partial charge on any atom is 0.316 e. The average molecular weight is 649 g/mol. The fourth-order valence-corrected chi connectivity index (χ4v) is 10.9. The molecule has 248 valence electrons. The summed E-state index contributed by atoms with van der Waals surface area (Å²) in [5, 5.41) is 14.7. The van der Waals surface area contributed by atoms with Crippen molar-refractivity contribution in [2.75, 3.05) is 5.75 Å². The van der Waals surface area contributed by atoms with Gasteiger partial charge in [-0.3, -0.25) is 14.4 Å². The normalized spacial score (nSPS) is 38.5. The number of nitrogens with one attached hydrogen (secondary N) is 2. The van der Waals surface area contributed by atoms with Gasteiger partial charge < -0.3 is 25.9 Å². The summed E-state index contributed by atoms with van der Waals surface area (Å²) in [5.41, 5.74) is 6.23. The summed E-state index contributed by atoms with van der Waals surface area (Å²) in [5.74, 6) is 0.220. The van der Waals surface area contributed by atoms with E-state index in [-0.39, 0.29) is 51.6 Å². The third kappa shape index (κ3) is 5.15. The Morgan fingerprint density at radius 2 is 2.09 bits per heavy atom. The minimum Gasteiger partial charge on any atom is -0.461 e. The fourth-order valence-electron chi connectivity index (χ4n) is 10.1. The van der Waals surface area contributed by atoms with Crippen LogP contribution in [0, 0.1) is 39.4 Å². The van der Waals surface area contributed by atoms with E-state index in [9.17, 15) is 19.5 Å². The highest BCUT2D eigenvalue weighted by Crippen LogP contribution is 2.82. The highest BCUT2D eigenvalue weighted by Gasteiger charge is 2.81. The lowest BCUT2D eigenvalue weighted by atomic mass is 9.32. The molecule has 0 saturated heterocycles. The van der Waals surface area contributed by atoms with Crippen LogP contribution in [0.15, 0.2) is 54.3 Å². The van der Waals surface area contributed by atoms with E-state index in [0.717, 1.165) is 35.4 Å². The van der Waals surface area contributed by atoms with Crippen molar-refractivity contribution >= 4 is 29.4 Å². The summed E-state index contributed by atoms with van der Waals surface area (Å²) in [6, 6.07) is 7.02. The molecule has 46 heavy (non-hydrogen) atoms. The zero-order valence-electron chi connectivity index (χ0n) is 27.4. The number of ketones is 1. The first kappa shape index (κ1) is 33.0. The number of aromatic nitrogens is 2. The number of rotatable bonds is 10. The van der Waals surface area contributed by atoms with Crippen LogP contribution in [-0.4, -0.2) is 56.7 Å². The Hall–Kier alpha value is -2.95. The van der Waals surface area contributed by atoms with E-state index in [4.69, 9.17) is 10.5 Å². The van der Waals surface area contributed by atoms with Crippen LogP contribution in [0.1, 0.15) is 71.1 Å². The standard InChI is InChI=1S/C36H48N4O5S/c1-6-33(4)15-28(34(5)21(2)14-36-19-35(32(34)36,11-10-27(36)41)22(3)30(33)43)45-29(42)18-46-25-9-7-8-23(12-25)16-39-31(44)26(37)13-24-17-38-20-40-24/h6-9,12,17,20-22,26,28,30,32,43H,1,10-11,13-16,18-19,37H2,2-5H3,(H,38,40)(H,39,44)/t21?,22-,26-,28+,30-,32?,33+,34-,35?,36?/m0/s1. The highest BCUT2D eigenvalue weighted by molar-refractivity contribution is 8.00. The maximum atomic E-state index is 13.6. The summed E-state index contributed by atoms with van der Waals surface area (Å²) in [6.45, 7) is 13.1. The van der Waals surface area contributed by atoms with Gasteiger partial charge in [-0.2, -0.15) is 0 Å². The van der Waals surface area contributed by atoms with Crippen LogP contribution in [-0.2, 0) is 32.1 Å². The van der Waals surface area contributed by atoms with Gasteiger partial charge in [0.25, 0.3) is 0 Å². The third-order valence-corrected chi connectivity index (χ3v) is 13.6. The molecule has 9 nitrogen and oxygen atoms in total. The van der Waals surface area contributed by atoms with Crippen molar-refractivity contribution in [3.8, 4) is 0 Å². The summed E-state index contributed by atoms with van der Waals surface area (Å²) in [7, 11) is 0. The van der Waals surface area contributed by atoms with Crippen LogP contribution in [0.25, 0.3) is 0 Å². The zero-order valence-corrected chi connectivity index (χ0v) is 28.2. The lowest BCUT2D eigenvalue weighted by Gasteiger charge is -2.71. The number of imidazole rings is 1. The van der Waals surface area contributed by atoms with Crippen molar-refractivity contribution < 1.29 is 24.2 Å². The molecule has 4 saturated carbocycles. The molecular weight excluding hydrogens is 600 g/mol. The average Bonchev–Trinajstić information content (AvgIpc) is 3.61. The molecule has 1 aromatic heterocycles. The number of H-pyrrole nitrogens is 1. The lowest BCUT2D eigenvalue weighted by Crippen LogP contribution is -2.71. The number of nitrogens with zero attached hydrogens (tertiary/aromatic N) is 1. The molecule has 0 radical (unpaired) electrons. The van der Waals surface area contributed by atoms with Crippen molar-refractivity contribution in [1.29, 1.82) is 0 Å². The van der Waals surface area contributed by atoms with E-state index >= 15 is 0 Å². The van der Waals surface area contributed by atoms with Crippen LogP contribution in [0.2, 0.25) is 0 Å². The Labute approximate surface area is 275 Å². The Bertz CT molecular complexity index is 1520. The number of benzene rings is 1. The molecule has 2 aromatic rings. The molecule has 4 aliphatic carbocycles. The van der Waals surface area contributed by atoms with Gasteiger partial charge in [-0.15, -0.1) is 18.3 Å². The summed E-state index contributed by atoms with van der Waals surface area (Å²) in [6.07, 6.45) is 7.80. The van der Waals surface area contributed by atoms with Gasteiger partial charge in [0.05, 0.1) is 24.2 Å². The number of carbonyl (C=O) groups excluding carboxylic acids is 3. The van der Waals surface area contributed by atoms with Gasteiger partial charge in [0, 0.05) is 52.4 Å². The van der Waals surface area contributed by atoms with Gasteiger partial charge in [0.1, 0.15) is 11.9 Å².